The van der Waals surface area contributed by atoms with Crippen LogP contribution in [0.2, 0.25) is 0 Å². The average molecular weight is 841 g/mol. The molecule has 1 aromatic heterocycles. The number of carbonyl (C=O) groups excluding carboxylic acids is 1. The summed E-state index contributed by atoms with van der Waals surface area (Å²) in [6.07, 6.45) is 1.60. The molecule has 4 N–H and O–H groups in total. The van der Waals surface area contributed by atoms with Crippen molar-refractivity contribution in [3.8, 4) is 17.2 Å². The minimum Gasteiger partial charge on any atom is -0.508 e. The fourth-order valence-corrected chi connectivity index (χ4v) is 7.45. The van der Waals surface area contributed by atoms with Crippen molar-refractivity contribution in [3.63, 3.8) is 0 Å². The molecule has 0 saturated carbocycles. The van der Waals surface area contributed by atoms with Crippen LogP contribution in [0.5, 0.6) is 11.5 Å². The molecule has 8 aromatic carbocycles. The predicted molar refractivity (Wildman–Crippen MR) is 257 cm³/mol. The van der Waals surface area contributed by atoms with Gasteiger partial charge in [-0.05, 0) is 169 Å². The molecular weight excluding hydrogens is 801 g/mol. The van der Waals surface area contributed by atoms with Gasteiger partial charge in [0.1, 0.15) is 11.5 Å². The van der Waals surface area contributed by atoms with Gasteiger partial charge in [-0.25, -0.2) is 9.59 Å². The number of carbonyl (C=O) groups is 2. The highest BCUT2D eigenvalue weighted by atomic mass is 16.6. The van der Waals surface area contributed by atoms with Crippen molar-refractivity contribution in [3.05, 3.63) is 205 Å². The van der Waals surface area contributed by atoms with Gasteiger partial charge >= 0.3 is 12.2 Å². The van der Waals surface area contributed by atoms with E-state index in [1.54, 1.807) is 67.9 Å². The molecule has 64 heavy (non-hydrogen) atoms. The van der Waals surface area contributed by atoms with Crippen LogP contribution in [0.15, 0.2) is 198 Å². The summed E-state index contributed by atoms with van der Waals surface area (Å²) in [5.41, 5.74) is 10.9. The lowest BCUT2D eigenvalue weighted by molar-refractivity contribution is 0.209. The number of aromatic nitrogens is 1. The SMILES string of the molecule is Cc1ccc(NC(=O)Oc2ccc(C=Nc3ccc(N(c4ccc(N=Cc5ccc(O)cc5)cc4)c4ccc(-n5c6ccccc6c6ccccc65)cc4)cc3)cc2)cc1NC(=O)O. The van der Waals surface area contributed by atoms with E-state index in [9.17, 15) is 14.7 Å². The lowest BCUT2D eigenvalue weighted by atomic mass is 10.1. The number of anilines is 5. The minimum atomic E-state index is -1.20. The molecule has 312 valence electrons. The maximum atomic E-state index is 12.6. The van der Waals surface area contributed by atoms with Crippen LogP contribution in [0.1, 0.15) is 16.7 Å². The number of carboxylic acid groups (broad SMARTS) is 1. The number of ether oxygens (including phenoxy) is 1. The Balaban J connectivity index is 0.940. The molecule has 0 unspecified atom stereocenters. The zero-order chi connectivity index (χ0) is 44.0. The van der Waals surface area contributed by atoms with Gasteiger partial charge in [0.2, 0.25) is 0 Å². The Bertz CT molecular complexity index is 3130. The Morgan fingerprint density at radius 3 is 1.62 bits per heavy atom. The molecule has 11 heteroatoms. The van der Waals surface area contributed by atoms with E-state index in [1.807, 2.05) is 60.7 Å². The van der Waals surface area contributed by atoms with E-state index in [0.717, 1.165) is 56.3 Å². The van der Waals surface area contributed by atoms with Crippen molar-refractivity contribution in [1.82, 2.24) is 4.57 Å². The molecule has 0 spiro atoms. The van der Waals surface area contributed by atoms with Gasteiger partial charge in [-0.3, -0.25) is 20.6 Å². The van der Waals surface area contributed by atoms with Crippen molar-refractivity contribution in [1.29, 1.82) is 0 Å². The Kier molecular flexibility index (Phi) is 11.3. The maximum Gasteiger partial charge on any atom is 0.417 e. The Labute approximate surface area is 368 Å². The molecule has 0 bridgehead atoms. The number of nitrogens with zero attached hydrogens (tertiary/aromatic N) is 4. The number of phenols is 1. The first-order valence-electron chi connectivity index (χ1n) is 20.4. The van der Waals surface area contributed by atoms with E-state index >= 15 is 0 Å². The normalized spacial score (nSPS) is 11.3. The summed E-state index contributed by atoms with van der Waals surface area (Å²) in [5.74, 6) is 0.538. The van der Waals surface area contributed by atoms with Gasteiger partial charge in [0, 0.05) is 57.3 Å². The molecule has 2 amide bonds. The van der Waals surface area contributed by atoms with Crippen molar-refractivity contribution in [2.75, 3.05) is 15.5 Å². The third kappa shape index (κ3) is 9.04. The second-order valence-electron chi connectivity index (χ2n) is 14.9. The number of amides is 2. The minimum absolute atomic E-state index is 0.209. The molecule has 9 aromatic rings. The maximum absolute atomic E-state index is 12.6. The number of fused-ring (bicyclic) bond motifs is 3. The molecule has 0 aliphatic carbocycles. The van der Waals surface area contributed by atoms with E-state index in [1.165, 1.54) is 16.8 Å². The summed E-state index contributed by atoms with van der Waals surface area (Å²) in [6, 6.07) is 60.3. The van der Waals surface area contributed by atoms with Crippen LogP contribution in [0.4, 0.5) is 49.4 Å². The third-order valence-electron chi connectivity index (χ3n) is 10.6. The van der Waals surface area contributed by atoms with Gasteiger partial charge in [0.15, 0.2) is 0 Å². The Morgan fingerprint density at radius 2 is 1.09 bits per heavy atom. The number of phenolic OH excluding ortho intramolecular Hbond substituents is 1. The molecule has 0 aliphatic rings. The number of aliphatic imine (C=N–C) groups is 2. The van der Waals surface area contributed by atoms with Gasteiger partial charge in [0.25, 0.3) is 0 Å². The fourth-order valence-electron chi connectivity index (χ4n) is 7.45. The monoisotopic (exact) mass is 840 g/mol. The highest BCUT2D eigenvalue weighted by Crippen LogP contribution is 2.38. The second kappa shape index (κ2) is 17.9. The zero-order valence-corrected chi connectivity index (χ0v) is 34.5. The smallest absolute Gasteiger partial charge is 0.417 e. The number of rotatable bonds is 11. The zero-order valence-electron chi connectivity index (χ0n) is 34.5. The first-order valence-corrected chi connectivity index (χ1v) is 20.4. The van der Waals surface area contributed by atoms with Crippen LogP contribution in [-0.2, 0) is 0 Å². The molecule has 0 aliphatic heterocycles. The average Bonchev–Trinajstić information content (AvgIpc) is 3.65. The van der Waals surface area contributed by atoms with Gasteiger partial charge in [-0.15, -0.1) is 0 Å². The van der Waals surface area contributed by atoms with E-state index in [4.69, 9.17) is 14.8 Å². The summed E-state index contributed by atoms with van der Waals surface area (Å²) in [5, 5.41) is 26.1. The fraction of sp³-hybridized carbons (Fsp3) is 0.0189. The number of hydrogen-bond acceptors (Lipinski definition) is 7. The molecule has 0 saturated heterocycles. The number of hydrogen-bond donors (Lipinski definition) is 4. The van der Waals surface area contributed by atoms with Gasteiger partial charge in [-0.1, -0.05) is 42.5 Å². The quantitative estimate of drug-likeness (QED) is 0.0956. The summed E-state index contributed by atoms with van der Waals surface area (Å²) < 4.78 is 7.75. The molecular formula is C53H40N6O5. The first-order chi connectivity index (χ1) is 31.2. The molecule has 11 nitrogen and oxygen atoms in total. The van der Waals surface area contributed by atoms with E-state index < -0.39 is 12.2 Å². The van der Waals surface area contributed by atoms with Crippen LogP contribution in [-0.4, -0.2) is 39.4 Å². The van der Waals surface area contributed by atoms with Gasteiger partial charge in [-0.2, -0.15) is 0 Å². The molecule has 9 rings (SSSR count). The van der Waals surface area contributed by atoms with E-state index in [2.05, 4.69) is 97.9 Å². The molecule has 1 heterocycles. The lowest BCUT2D eigenvalue weighted by Gasteiger charge is -2.26. The summed E-state index contributed by atoms with van der Waals surface area (Å²) in [4.78, 5) is 35.2. The van der Waals surface area contributed by atoms with Gasteiger partial charge < -0.3 is 24.4 Å². The van der Waals surface area contributed by atoms with Crippen LogP contribution >= 0.6 is 0 Å². The molecule has 0 radical (unpaired) electrons. The van der Waals surface area contributed by atoms with Crippen LogP contribution in [0.3, 0.4) is 0 Å². The Hall–Kier alpha value is -8.96. The highest BCUT2D eigenvalue weighted by Gasteiger charge is 2.16. The van der Waals surface area contributed by atoms with Crippen molar-refractivity contribution in [2.24, 2.45) is 9.98 Å². The summed E-state index contributed by atoms with van der Waals surface area (Å²) >= 11 is 0. The van der Waals surface area contributed by atoms with Crippen LogP contribution in [0, 0.1) is 6.92 Å². The van der Waals surface area contributed by atoms with E-state index in [-0.39, 0.29) is 5.75 Å². The summed E-state index contributed by atoms with van der Waals surface area (Å²) in [7, 11) is 0. The highest BCUT2D eigenvalue weighted by molar-refractivity contribution is 6.09. The first kappa shape index (κ1) is 40.4. The standard InChI is InChI=1S/C53H40N6O5/c1-35-10-15-40(32-49(35)57-52(61)62)56-53(63)64-46-30-13-37(14-31-46)34-55-39-18-22-42(23-19-39)58(41-20-16-38(17-21-41)54-33-36-11-28-45(60)29-12-36)43-24-26-44(27-25-43)59-50-8-4-2-6-47(50)48-7-3-5-9-51(48)59/h2-34,57,60H,1H3,(H,56,63)(H,61,62). The number of aromatic hydroxyl groups is 1. The molecule has 0 fully saturated rings. The summed E-state index contributed by atoms with van der Waals surface area (Å²) in [6.45, 7) is 1.76. The van der Waals surface area contributed by atoms with Crippen molar-refractivity contribution >= 4 is 86.2 Å². The predicted octanol–water partition coefficient (Wildman–Crippen LogP) is 13.5. The van der Waals surface area contributed by atoms with Crippen LogP contribution in [0.25, 0.3) is 27.5 Å². The topological polar surface area (TPSA) is 141 Å². The molecule has 0 atom stereocenters. The number of benzene rings is 8. The van der Waals surface area contributed by atoms with Crippen molar-refractivity contribution < 1.29 is 24.5 Å². The van der Waals surface area contributed by atoms with Crippen LogP contribution < -0.4 is 20.3 Å². The lowest BCUT2D eigenvalue weighted by Crippen LogP contribution is -2.17. The van der Waals surface area contributed by atoms with Crippen molar-refractivity contribution in [2.45, 2.75) is 6.92 Å². The largest absolute Gasteiger partial charge is 0.508 e. The third-order valence-corrected chi connectivity index (χ3v) is 10.6. The second-order valence-corrected chi connectivity index (χ2v) is 14.9. The van der Waals surface area contributed by atoms with Gasteiger partial charge in [0.05, 0.1) is 22.4 Å². The Morgan fingerprint density at radius 1 is 0.594 bits per heavy atom. The number of aryl methyl sites for hydroxylation is 1. The van der Waals surface area contributed by atoms with E-state index in [0.29, 0.717) is 22.7 Å². The number of nitrogens with one attached hydrogen (secondary N) is 2. The number of para-hydroxylation sites is 2.